The highest BCUT2D eigenvalue weighted by atomic mass is 16.5. The molecule has 20 heavy (non-hydrogen) atoms. The Hall–Kier alpha value is -1.73. The van der Waals surface area contributed by atoms with Crippen molar-refractivity contribution in [1.29, 1.82) is 5.26 Å². The van der Waals surface area contributed by atoms with Crippen LogP contribution >= 0.6 is 0 Å². The van der Waals surface area contributed by atoms with Crippen LogP contribution in [0.1, 0.15) is 33.3 Å². The Morgan fingerprint density at radius 3 is 2.30 bits per heavy atom. The SMILES string of the molecule is COc1cc(OC2C(C)(C)C(N)C2(C)C)ccc1C#N. The van der Waals surface area contributed by atoms with Crippen molar-refractivity contribution < 1.29 is 9.47 Å². The topological polar surface area (TPSA) is 68.3 Å². The van der Waals surface area contributed by atoms with Gasteiger partial charge in [0, 0.05) is 22.9 Å². The molecule has 2 N–H and O–H groups in total. The fraction of sp³-hybridized carbons (Fsp3) is 0.562. The Morgan fingerprint density at radius 2 is 1.80 bits per heavy atom. The van der Waals surface area contributed by atoms with Gasteiger partial charge in [-0.1, -0.05) is 27.7 Å². The van der Waals surface area contributed by atoms with Gasteiger partial charge in [0.05, 0.1) is 12.7 Å². The number of nitriles is 1. The summed E-state index contributed by atoms with van der Waals surface area (Å²) in [6.45, 7) is 8.48. The van der Waals surface area contributed by atoms with Crippen LogP contribution in [0.5, 0.6) is 11.5 Å². The molecule has 1 aromatic carbocycles. The lowest BCUT2D eigenvalue weighted by Gasteiger charge is -2.61. The predicted molar refractivity (Wildman–Crippen MR) is 77.7 cm³/mol. The first-order valence-corrected chi connectivity index (χ1v) is 6.75. The Balaban J connectivity index is 2.25. The molecule has 0 saturated heterocycles. The van der Waals surface area contributed by atoms with Crippen molar-refractivity contribution in [2.45, 2.75) is 39.8 Å². The van der Waals surface area contributed by atoms with Crippen LogP contribution in [-0.4, -0.2) is 19.3 Å². The predicted octanol–water partition coefficient (Wildman–Crippen LogP) is 2.71. The maximum absolute atomic E-state index is 8.99. The summed E-state index contributed by atoms with van der Waals surface area (Å²) < 4.78 is 11.3. The van der Waals surface area contributed by atoms with E-state index in [0.717, 1.165) is 0 Å². The van der Waals surface area contributed by atoms with Crippen LogP contribution < -0.4 is 15.2 Å². The molecule has 0 heterocycles. The minimum absolute atomic E-state index is 0.0302. The highest BCUT2D eigenvalue weighted by molar-refractivity contribution is 5.47. The first-order valence-electron chi connectivity index (χ1n) is 6.75. The lowest BCUT2D eigenvalue weighted by atomic mass is 9.50. The van der Waals surface area contributed by atoms with Gasteiger partial charge in [0.25, 0.3) is 0 Å². The Bertz CT molecular complexity index is 542. The van der Waals surface area contributed by atoms with E-state index in [-0.39, 0.29) is 23.0 Å². The summed E-state index contributed by atoms with van der Waals surface area (Å²) in [4.78, 5) is 0. The van der Waals surface area contributed by atoms with E-state index >= 15 is 0 Å². The van der Waals surface area contributed by atoms with Gasteiger partial charge in [-0.2, -0.15) is 5.26 Å². The largest absolute Gasteiger partial charge is 0.495 e. The van der Waals surface area contributed by atoms with E-state index in [4.69, 9.17) is 20.5 Å². The molecule has 4 heteroatoms. The second-order valence-electron chi connectivity index (χ2n) is 6.59. The van der Waals surface area contributed by atoms with E-state index in [9.17, 15) is 0 Å². The van der Waals surface area contributed by atoms with E-state index in [2.05, 4.69) is 33.8 Å². The summed E-state index contributed by atoms with van der Waals surface area (Å²) in [7, 11) is 1.55. The van der Waals surface area contributed by atoms with E-state index in [1.54, 1.807) is 25.3 Å². The number of ether oxygens (including phenoxy) is 2. The van der Waals surface area contributed by atoms with Gasteiger partial charge in [-0.3, -0.25) is 0 Å². The average molecular weight is 274 g/mol. The molecule has 1 aliphatic carbocycles. The number of benzene rings is 1. The third kappa shape index (κ3) is 2.03. The maximum Gasteiger partial charge on any atom is 0.140 e. The molecule has 1 aliphatic rings. The summed E-state index contributed by atoms with van der Waals surface area (Å²) in [5.74, 6) is 1.24. The second-order valence-corrected chi connectivity index (χ2v) is 6.59. The molecule has 108 valence electrons. The zero-order valence-electron chi connectivity index (χ0n) is 12.7. The lowest BCUT2D eigenvalue weighted by Crippen LogP contribution is -2.72. The average Bonchev–Trinajstić information content (AvgIpc) is 2.43. The van der Waals surface area contributed by atoms with Gasteiger partial charge < -0.3 is 15.2 Å². The van der Waals surface area contributed by atoms with E-state index < -0.39 is 0 Å². The van der Waals surface area contributed by atoms with E-state index in [1.807, 2.05) is 0 Å². The van der Waals surface area contributed by atoms with Gasteiger partial charge in [-0.05, 0) is 12.1 Å². The fourth-order valence-electron chi connectivity index (χ4n) is 3.42. The van der Waals surface area contributed by atoms with Crippen LogP contribution in [0.2, 0.25) is 0 Å². The standard InChI is InChI=1S/C16H22N2O2/c1-15(2)13(18)16(3,4)14(15)20-11-7-6-10(9-17)12(8-11)19-5/h6-8,13-14H,18H2,1-5H3. The molecule has 1 saturated carbocycles. The Kier molecular flexibility index (Phi) is 3.43. The van der Waals surface area contributed by atoms with Gasteiger partial charge in [-0.25, -0.2) is 0 Å². The van der Waals surface area contributed by atoms with Crippen LogP contribution in [0.25, 0.3) is 0 Å². The zero-order chi connectivity index (χ0) is 15.1. The molecule has 2 rings (SSSR count). The summed E-state index contributed by atoms with van der Waals surface area (Å²) in [5, 5.41) is 8.99. The van der Waals surface area contributed by atoms with Crippen molar-refractivity contribution in [2.24, 2.45) is 16.6 Å². The Morgan fingerprint density at radius 1 is 1.20 bits per heavy atom. The third-order valence-corrected chi connectivity index (χ3v) is 4.50. The van der Waals surface area contributed by atoms with Crippen LogP contribution in [-0.2, 0) is 0 Å². The number of methoxy groups -OCH3 is 1. The van der Waals surface area contributed by atoms with Crippen LogP contribution in [0.15, 0.2) is 18.2 Å². The Labute approximate surface area is 120 Å². The van der Waals surface area contributed by atoms with Crippen molar-refractivity contribution in [3.63, 3.8) is 0 Å². The van der Waals surface area contributed by atoms with Crippen molar-refractivity contribution >= 4 is 0 Å². The normalized spacial score (nSPS) is 26.2. The zero-order valence-corrected chi connectivity index (χ0v) is 12.7. The number of rotatable bonds is 3. The minimum atomic E-state index is -0.0787. The van der Waals surface area contributed by atoms with Crippen LogP contribution in [0.3, 0.4) is 0 Å². The van der Waals surface area contributed by atoms with E-state index in [1.165, 1.54) is 0 Å². The van der Waals surface area contributed by atoms with Gasteiger partial charge >= 0.3 is 0 Å². The van der Waals surface area contributed by atoms with Gasteiger partial charge in [-0.15, -0.1) is 0 Å². The molecule has 0 unspecified atom stereocenters. The smallest absolute Gasteiger partial charge is 0.140 e. The summed E-state index contributed by atoms with van der Waals surface area (Å²) in [6, 6.07) is 7.47. The molecule has 0 bridgehead atoms. The number of hydrogen-bond donors (Lipinski definition) is 1. The number of hydrogen-bond acceptors (Lipinski definition) is 4. The number of nitrogens with zero attached hydrogens (tertiary/aromatic N) is 1. The molecule has 0 amide bonds. The van der Waals surface area contributed by atoms with Gasteiger partial charge in [0.1, 0.15) is 23.7 Å². The first-order chi connectivity index (χ1) is 9.25. The highest BCUT2D eigenvalue weighted by Gasteiger charge is 2.61. The molecule has 1 fully saturated rings. The minimum Gasteiger partial charge on any atom is -0.495 e. The quantitative estimate of drug-likeness (QED) is 0.920. The van der Waals surface area contributed by atoms with Gasteiger partial charge in [0.15, 0.2) is 0 Å². The first kappa shape index (κ1) is 14.7. The molecule has 0 aromatic heterocycles. The molecular formula is C16H22N2O2. The molecular weight excluding hydrogens is 252 g/mol. The third-order valence-electron chi connectivity index (χ3n) is 4.50. The molecule has 0 atom stereocenters. The van der Waals surface area contributed by atoms with Crippen molar-refractivity contribution in [3.8, 4) is 17.6 Å². The monoisotopic (exact) mass is 274 g/mol. The molecule has 0 spiro atoms. The molecule has 0 aliphatic heterocycles. The summed E-state index contributed by atoms with van der Waals surface area (Å²) in [5.41, 5.74) is 6.58. The maximum atomic E-state index is 8.99. The summed E-state index contributed by atoms with van der Waals surface area (Å²) in [6.07, 6.45) is 0.0302. The molecule has 0 radical (unpaired) electrons. The van der Waals surface area contributed by atoms with Crippen LogP contribution in [0, 0.1) is 22.2 Å². The molecule has 1 aromatic rings. The lowest BCUT2D eigenvalue weighted by molar-refractivity contribution is -0.155. The summed E-state index contributed by atoms with van der Waals surface area (Å²) >= 11 is 0. The van der Waals surface area contributed by atoms with Crippen molar-refractivity contribution in [1.82, 2.24) is 0 Å². The highest BCUT2D eigenvalue weighted by Crippen LogP contribution is 2.54. The second kappa shape index (κ2) is 4.68. The number of nitrogens with two attached hydrogens (primary N) is 1. The fourth-order valence-corrected chi connectivity index (χ4v) is 3.42. The van der Waals surface area contributed by atoms with Crippen LogP contribution in [0.4, 0.5) is 0 Å². The van der Waals surface area contributed by atoms with Gasteiger partial charge in [0.2, 0.25) is 0 Å². The van der Waals surface area contributed by atoms with E-state index in [0.29, 0.717) is 17.1 Å². The van der Waals surface area contributed by atoms with Crippen molar-refractivity contribution in [2.75, 3.05) is 7.11 Å². The molecule has 4 nitrogen and oxygen atoms in total. The van der Waals surface area contributed by atoms with Crippen molar-refractivity contribution in [3.05, 3.63) is 23.8 Å².